The quantitative estimate of drug-likeness (QED) is 0.604. The van der Waals surface area contributed by atoms with Crippen molar-refractivity contribution in [3.8, 4) is 5.75 Å². The van der Waals surface area contributed by atoms with Crippen molar-refractivity contribution in [1.82, 2.24) is 14.9 Å². The van der Waals surface area contributed by atoms with E-state index in [1.165, 1.54) is 19.3 Å². The van der Waals surface area contributed by atoms with Crippen LogP contribution in [0.4, 0.5) is 5.95 Å². The van der Waals surface area contributed by atoms with E-state index in [0.29, 0.717) is 6.42 Å². The van der Waals surface area contributed by atoms with Gasteiger partial charge in [0.1, 0.15) is 5.75 Å². The maximum absolute atomic E-state index is 12.3. The van der Waals surface area contributed by atoms with Crippen LogP contribution in [-0.4, -0.2) is 53.6 Å². The number of anilines is 1. The predicted molar refractivity (Wildman–Crippen MR) is 129 cm³/mol. The number of nitrogens with zero attached hydrogens (tertiary/aromatic N) is 4. The lowest BCUT2D eigenvalue weighted by molar-refractivity contribution is -0.129. The van der Waals surface area contributed by atoms with Crippen molar-refractivity contribution >= 4 is 11.9 Å². The average molecular weight is 449 g/mol. The van der Waals surface area contributed by atoms with E-state index >= 15 is 0 Å². The summed E-state index contributed by atoms with van der Waals surface area (Å²) in [5.74, 6) is 4.56. The van der Waals surface area contributed by atoms with Crippen molar-refractivity contribution in [2.75, 3.05) is 37.7 Å². The average Bonchev–Trinajstić information content (AvgIpc) is 3.39. The molecule has 3 aliphatic rings. The Morgan fingerprint density at radius 2 is 1.73 bits per heavy atom. The summed E-state index contributed by atoms with van der Waals surface area (Å²) in [6.45, 7) is 6.79. The van der Waals surface area contributed by atoms with Gasteiger partial charge in [0.2, 0.25) is 11.9 Å². The molecule has 0 N–H and O–H groups in total. The fourth-order valence-electron chi connectivity index (χ4n) is 5.54. The molecule has 1 saturated carbocycles. The minimum absolute atomic E-state index is 0.248. The molecule has 1 amide bonds. The Kier molecular flexibility index (Phi) is 6.79. The number of benzene rings is 1. The topological polar surface area (TPSA) is 58.6 Å². The fraction of sp³-hybridized carbons (Fsp3) is 0.593. The molecule has 2 saturated heterocycles. The Morgan fingerprint density at radius 1 is 1.03 bits per heavy atom. The number of rotatable bonds is 8. The van der Waals surface area contributed by atoms with E-state index in [2.05, 4.69) is 14.9 Å². The molecule has 0 bridgehead atoms. The molecule has 176 valence electrons. The summed E-state index contributed by atoms with van der Waals surface area (Å²) >= 11 is 0. The Morgan fingerprint density at radius 3 is 2.42 bits per heavy atom. The standard InChI is InChI=1S/C27H36N4O2/c1-20-18-28-27(29-19-20)31-13-8-22(9-14-31)25-17-23(25)10-15-33-24-6-4-21(5-7-24)16-26(32)30-11-2-3-12-30/h4-7,18-19,22-23,25H,2-3,8-17H2,1H3/t23-,25-/m1/s1. The number of hydrogen-bond donors (Lipinski definition) is 0. The summed E-state index contributed by atoms with van der Waals surface area (Å²) in [7, 11) is 0. The second-order valence-electron chi connectivity index (χ2n) is 10.1. The van der Waals surface area contributed by atoms with E-state index in [4.69, 9.17) is 4.74 Å². The van der Waals surface area contributed by atoms with Crippen LogP contribution in [0.1, 0.15) is 49.7 Å². The number of carbonyl (C=O) groups is 1. The molecule has 0 spiro atoms. The molecule has 1 aromatic heterocycles. The summed E-state index contributed by atoms with van der Waals surface area (Å²) in [6, 6.07) is 8.10. The number of likely N-dealkylation sites (tertiary alicyclic amines) is 1. The first-order valence-corrected chi connectivity index (χ1v) is 12.7. The first kappa shape index (κ1) is 22.2. The van der Waals surface area contributed by atoms with Crippen molar-refractivity contribution in [3.05, 3.63) is 47.8 Å². The van der Waals surface area contributed by atoms with Crippen molar-refractivity contribution in [3.63, 3.8) is 0 Å². The highest BCUT2D eigenvalue weighted by atomic mass is 16.5. The summed E-state index contributed by atoms with van der Waals surface area (Å²) in [4.78, 5) is 25.6. The van der Waals surface area contributed by atoms with Crippen molar-refractivity contribution in [2.45, 2.75) is 51.9 Å². The number of aromatic nitrogens is 2. The summed E-state index contributed by atoms with van der Waals surface area (Å²) in [5.41, 5.74) is 2.18. The largest absolute Gasteiger partial charge is 0.494 e. The molecule has 3 fully saturated rings. The van der Waals surface area contributed by atoms with Gasteiger partial charge in [-0.2, -0.15) is 0 Å². The molecule has 1 aromatic carbocycles. The molecule has 6 heteroatoms. The Balaban J connectivity index is 0.995. The third-order valence-corrected chi connectivity index (χ3v) is 7.67. The lowest BCUT2D eigenvalue weighted by Crippen LogP contribution is -2.35. The van der Waals surface area contributed by atoms with E-state index in [-0.39, 0.29) is 5.91 Å². The molecule has 33 heavy (non-hydrogen) atoms. The monoisotopic (exact) mass is 448 g/mol. The molecule has 1 aliphatic carbocycles. The highest BCUT2D eigenvalue weighted by molar-refractivity contribution is 5.79. The molecular weight excluding hydrogens is 412 g/mol. The van der Waals surface area contributed by atoms with Gasteiger partial charge in [0.25, 0.3) is 0 Å². The van der Waals surface area contributed by atoms with Crippen molar-refractivity contribution in [1.29, 1.82) is 0 Å². The van der Waals surface area contributed by atoms with Gasteiger partial charge in [-0.05, 0) is 86.5 Å². The Bertz CT molecular complexity index is 916. The predicted octanol–water partition coefficient (Wildman–Crippen LogP) is 4.27. The molecule has 6 nitrogen and oxygen atoms in total. The zero-order chi connectivity index (χ0) is 22.6. The zero-order valence-electron chi connectivity index (χ0n) is 19.8. The number of ether oxygens (including phenoxy) is 1. The Hall–Kier alpha value is -2.63. The zero-order valence-corrected chi connectivity index (χ0v) is 19.8. The fourth-order valence-corrected chi connectivity index (χ4v) is 5.54. The number of piperidine rings is 1. The van der Waals surface area contributed by atoms with Crippen LogP contribution in [0.2, 0.25) is 0 Å². The van der Waals surface area contributed by atoms with Gasteiger partial charge in [0, 0.05) is 38.6 Å². The number of hydrogen-bond acceptors (Lipinski definition) is 5. The highest BCUT2D eigenvalue weighted by Crippen LogP contribution is 2.49. The molecular formula is C27H36N4O2. The van der Waals surface area contributed by atoms with E-state index < -0.39 is 0 Å². The van der Waals surface area contributed by atoms with Crippen LogP contribution in [-0.2, 0) is 11.2 Å². The van der Waals surface area contributed by atoms with Crippen LogP contribution < -0.4 is 9.64 Å². The van der Waals surface area contributed by atoms with Crippen LogP contribution in [0, 0.1) is 24.7 Å². The van der Waals surface area contributed by atoms with Crippen LogP contribution in [0.15, 0.2) is 36.7 Å². The molecule has 2 aliphatic heterocycles. The molecule has 0 radical (unpaired) electrons. The number of amides is 1. The molecule has 3 heterocycles. The third kappa shape index (κ3) is 5.66. The van der Waals surface area contributed by atoms with E-state index in [1.807, 2.05) is 48.5 Å². The van der Waals surface area contributed by atoms with Crippen LogP contribution >= 0.6 is 0 Å². The van der Waals surface area contributed by atoms with Gasteiger partial charge in [0.05, 0.1) is 13.0 Å². The number of aryl methyl sites for hydroxylation is 1. The summed E-state index contributed by atoms with van der Waals surface area (Å²) in [5, 5.41) is 0. The van der Waals surface area contributed by atoms with E-state index in [0.717, 1.165) is 92.6 Å². The molecule has 5 rings (SSSR count). The lowest BCUT2D eigenvalue weighted by Gasteiger charge is -2.32. The maximum atomic E-state index is 12.3. The van der Waals surface area contributed by atoms with E-state index in [9.17, 15) is 4.79 Å². The maximum Gasteiger partial charge on any atom is 0.226 e. The van der Waals surface area contributed by atoms with Gasteiger partial charge in [-0.1, -0.05) is 12.1 Å². The van der Waals surface area contributed by atoms with Gasteiger partial charge in [-0.15, -0.1) is 0 Å². The lowest BCUT2D eigenvalue weighted by atomic mass is 9.90. The van der Waals surface area contributed by atoms with Crippen molar-refractivity contribution < 1.29 is 9.53 Å². The second kappa shape index (κ2) is 10.1. The Labute approximate surface area is 197 Å². The van der Waals surface area contributed by atoms with Crippen LogP contribution in [0.5, 0.6) is 5.75 Å². The third-order valence-electron chi connectivity index (χ3n) is 7.67. The normalized spacial score (nSPS) is 23.1. The van der Waals surface area contributed by atoms with E-state index in [1.54, 1.807) is 0 Å². The van der Waals surface area contributed by atoms with Gasteiger partial charge in [-0.3, -0.25) is 4.79 Å². The minimum Gasteiger partial charge on any atom is -0.494 e. The van der Waals surface area contributed by atoms with Gasteiger partial charge in [0.15, 0.2) is 0 Å². The smallest absolute Gasteiger partial charge is 0.226 e. The molecule has 2 atom stereocenters. The number of carbonyl (C=O) groups excluding carboxylic acids is 1. The van der Waals surface area contributed by atoms with Gasteiger partial charge >= 0.3 is 0 Å². The summed E-state index contributed by atoms with van der Waals surface area (Å²) < 4.78 is 6.02. The highest BCUT2D eigenvalue weighted by Gasteiger charge is 2.43. The van der Waals surface area contributed by atoms with Gasteiger partial charge < -0.3 is 14.5 Å². The second-order valence-corrected chi connectivity index (χ2v) is 10.1. The first-order valence-electron chi connectivity index (χ1n) is 12.7. The van der Waals surface area contributed by atoms with Crippen molar-refractivity contribution in [2.24, 2.45) is 17.8 Å². The molecule has 2 aromatic rings. The van der Waals surface area contributed by atoms with Crippen LogP contribution in [0.3, 0.4) is 0 Å². The van der Waals surface area contributed by atoms with Gasteiger partial charge in [-0.25, -0.2) is 9.97 Å². The first-order chi connectivity index (χ1) is 16.2. The van der Waals surface area contributed by atoms with Crippen LogP contribution in [0.25, 0.3) is 0 Å². The SMILES string of the molecule is Cc1cnc(N2CCC([C@H]3C[C@H]3CCOc3ccc(CC(=O)N4CCCC4)cc3)CC2)nc1. The summed E-state index contributed by atoms with van der Waals surface area (Å²) in [6.07, 6.45) is 11.6. The molecule has 0 unspecified atom stereocenters. The minimum atomic E-state index is 0.248.